The number of benzene rings is 1. The molecule has 3 aromatic rings. The molecule has 1 aliphatic heterocycles. The van der Waals surface area contributed by atoms with Crippen molar-refractivity contribution in [3.8, 4) is 0 Å². The summed E-state index contributed by atoms with van der Waals surface area (Å²) in [6, 6.07) is 4.47. The van der Waals surface area contributed by atoms with Crippen LogP contribution in [0.1, 0.15) is 11.4 Å². The molecule has 4 rings (SSSR count). The first-order valence-corrected chi connectivity index (χ1v) is 8.51. The van der Waals surface area contributed by atoms with E-state index in [1.54, 1.807) is 19.4 Å². The average Bonchev–Trinajstić information content (AvgIpc) is 3.11. The molecule has 0 saturated carbocycles. The molecule has 8 nitrogen and oxygen atoms in total. The van der Waals surface area contributed by atoms with E-state index in [4.69, 9.17) is 4.42 Å². The van der Waals surface area contributed by atoms with E-state index in [2.05, 4.69) is 9.97 Å². The number of aromatic nitrogens is 3. The van der Waals surface area contributed by atoms with Gasteiger partial charge in [0.25, 0.3) is 0 Å². The highest BCUT2D eigenvalue weighted by Crippen LogP contribution is 2.25. The number of fused-ring (bicyclic) bond motifs is 2. The van der Waals surface area contributed by atoms with Crippen molar-refractivity contribution < 1.29 is 12.8 Å². The van der Waals surface area contributed by atoms with Crippen LogP contribution in [-0.2, 0) is 30.0 Å². The maximum absolute atomic E-state index is 12.8. The number of nitrogens with one attached hydrogen (secondary N) is 1. The summed E-state index contributed by atoms with van der Waals surface area (Å²) >= 11 is 0. The van der Waals surface area contributed by atoms with Gasteiger partial charge in [-0.3, -0.25) is 4.57 Å². The van der Waals surface area contributed by atoms with Gasteiger partial charge in [0.05, 0.1) is 34.7 Å². The third-order valence-corrected chi connectivity index (χ3v) is 5.98. The quantitative estimate of drug-likeness (QED) is 0.739. The Bertz CT molecular complexity index is 1060. The fourth-order valence-corrected chi connectivity index (χ4v) is 4.24. The molecule has 0 aliphatic carbocycles. The molecule has 9 heteroatoms. The van der Waals surface area contributed by atoms with Crippen LogP contribution in [0.4, 0.5) is 0 Å². The van der Waals surface area contributed by atoms with Crippen molar-refractivity contribution in [3.05, 3.63) is 46.5 Å². The first-order valence-electron chi connectivity index (χ1n) is 7.07. The summed E-state index contributed by atoms with van der Waals surface area (Å²) in [5, 5.41) is 0. The normalized spacial score (nSPS) is 15.9. The van der Waals surface area contributed by atoms with Crippen molar-refractivity contribution >= 4 is 21.1 Å². The van der Waals surface area contributed by atoms with Gasteiger partial charge in [-0.2, -0.15) is 4.31 Å². The van der Waals surface area contributed by atoms with Crippen LogP contribution in [0.15, 0.2) is 38.6 Å². The van der Waals surface area contributed by atoms with Gasteiger partial charge in [0, 0.05) is 26.1 Å². The van der Waals surface area contributed by atoms with Crippen molar-refractivity contribution in [1.82, 2.24) is 18.8 Å². The van der Waals surface area contributed by atoms with E-state index in [-0.39, 0.29) is 17.0 Å². The highest BCUT2D eigenvalue weighted by Gasteiger charge is 2.30. The second-order valence-corrected chi connectivity index (χ2v) is 7.41. The Balaban J connectivity index is 1.76. The largest absolute Gasteiger partial charge is 0.419 e. The summed E-state index contributed by atoms with van der Waals surface area (Å²) in [5.41, 5.74) is 2.54. The van der Waals surface area contributed by atoms with Crippen molar-refractivity contribution in [3.63, 3.8) is 0 Å². The maximum Gasteiger partial charge on any atom is 0.419 e. The second-order valence-electron chi connectivity index (χ2n) is 5.47. The number of imidazole rings is 1. The zero-order chi connectivity index (χ0) is 16.2. The van der Waals surface area contributed by atoms with Crippen molar-refractivity contribution in [1.29, 1.82) is 0 Å². The lowest BCUT2D eigenvalue weighted by molar-refractivity contribution is 0.385. The summed E-state index contributed by atoms with van der Waals surface area (Å²) in [5.74, 6) is -0.519. The molecule has 0 unspecified atom stereocenters. The lowest BCUT2D eigenvalue weighted by Gasteiger charge is -2.25. The molecule has 1 aliphatic rings. The van der Waals surface area contributed by atoms with Gasteiger partial charge in [-0.1, -0.05) is 0 Å². The van der Waals surface area contributed by atoms with E-state index < -0.39 is 15.8 Å². The van der Waals surface area contributed by atoms with E-state index >= 15 is 0 Å². The Morgan fingerprint density at radius 3 is 3.00 bits per heavy atom. The maximum atomic E-state index is 12.8. The molecule has 0 fully saturated rings. The highest BCUT2D eigenvalue weighted by atomic mass is 32.2. The third-order valence-electron chi connectivity index (χ3n) is 4.14. The lowest BCUT2D eigenvalue weighted by Crippen LogP contribution is -2.36. The molecular weight excluding hydrogens is 320 g/mol. The predicted molar refractivity (Wildman–Crippen MR) is 81.3 cm³/mol. The van der Waals surface area contributed by atoms with Gasteiger partial charge in [-0.05, 0) is 12.1 Å². The number of oxazole rings is 1. The fourth-order valence-electron chi connectivity index (χ4n) is 2.82. The molecule has 0 amide bonds. The van der Waals surface area contributed by atoms with Crippen molar-refractivity contribution in [2.75, 3.05) is 6.54 Å². The van der Waals surface area contributed by atoms with Crippen molar-refractivity contribution in [2.24, 2.45) is 7.05 Å². The van der Waals surface area contributed by atoms with Crippen LogP contribution < -0.4 is 5.76 Å². The molecular formula is C14H14N4O4S. The average molecular weight is 334 g/mol. The number of sulfonamides is 1. The standard InChI is InChI=1S/C14H14N4O4S/c1-17-12-3-2-9(6-13(12)22-14(17)19)23(20,21)18-5-4-10-11(7-18)16-8-15-10/h2-3,6,8H,4-5,7H2,1H3,(H,15,16). The molecule has 0 radical (unpaired) electrons. The van der Waals surface area contributed by atoms with Gasteiger partial charge >= 0.3 is 5.76 Å². The number of H-pyrrole nitrogens is 1. The highest BCUT2D eigenvalue weighted by molar-refractivity contribution is 7.89. The number of rotatable bonds is 2. The predicted octanol–water partition coefficient (Wildman–Crippen LogP) is 0.602. The summed E-state index contributed by atoms with van der Waals surface area (Å²) in [4.78, 5) is 18.8. The molecule has 0 atom stereocenters. The number of aromatic amines is 1. The molecule has 0 saturated heterocycles. The Morgan fingerprint density at radius 2 is 2.17 bits per heavy atom. The number of aryl methyl sites for hydroxylation is 1. The van der Waals surface area contributed by atoms with Crippen LogP contribution >= 0.6 is 0 Å². The van der Waals surface area contributed by atoms with E-state index in [0.717, 1.165) is 11.4 Å². The summed E-state index contributed by atoms with van der Waals surface area (Å²) in [6.45, 7) is 0.630. The monoisotopic (exact) mass is 334 g/mol. The molecule has 3 heterocycles. The van der Waals surface area contributed by atoms with Gasteiger partial charge in [0.15, 0.2) is 5.58 Å². The first kappa shape index (κ1) is 14.2. The van der Waals surface area contributed by atoms with E-state index in [9.17, 15) is 13.2 Å². The number of hydrogen-bond acceptors (Lipinski definition) is 5. The van der Waals surface area contributed by atoms with E-state index in [1.165, 1.54) is 21.0 Å². The topological polar surface area (TPSA) is 101 Å². The smallest absolute Gasteiger partial charge is 0.408 e. The molecule has 2 aromatic heterocycles. The van der Waals surface area contributed by atoms with Crippen LogP contribution in [0.25, 0.3) is 11.1 Å². The van der Waals surface area contributed by atoms with E-state index in [1.807, 2.05) is 0 Å². The molecule has 0 spiro atoms. The Labute approximate surface area is 131 Å². The van der Waals surface area contributed by atoms with Gasteiger partial charge in [0.1, 0.15) is 0 Å². The Morgan fingerprint density at radius 1 is 1.35 bits per heavy atom. The minimum atomic E-state index is -3.66. The van der Waals surface area contributed by atoms with E-state index in [0.29, 0.717) is 18.5 Å². The van der Waals surface area contributed by atoms with Gasteiger partial charge in [-0.15, -0.1) is 0 Å². The summed E-state index contributed by atoms with van der Waals surface area (Å²) in [7, 11) is -2.09. The summed E-state index contributed by atoms with van der Waals surface area (Å²) < 4.78 is 33.4. The SMILES string of the molecule is Cn1c(=O)oc2cc(S(=O)(=O)N3CCc4nc[nH]c4C3)ccc21. The number of nitrogens with zero attached hydrogens (tertiary/aromatic N) is 3. The third kappa shape index (κ3) is 2.12. The second kappa shape index (κ2) is 4.80. The summed E-state index contributed by atoms with van der Waals surface area (Å²) in [6.07, 6.45) is 2.15. The molecule has 0 bridgehead atoms. The van der Waals surface area contributed by atoms with Crippen molar-refractivity contribution in [2.45, 2.75) is 17.9 Å². The first-order chi connectivity index (χ1) is 11.0. The molecule has 1 aromatic carbocycles. The minimum Gasteiger partial charge on any atom is -0.408 e. The lowest BCUT2D eigenvalue weighted by atomic mass is 10.2. The molecule has 23 heavy (non-hydrogen) atoms. The molecule has 1 N–H and O–H groups in total. The van der Waals surface area contributed by atoms with Gasteiger partial charge < -0.3 is 9.40 Å². The Hall–Kier alpha value is -2.39. The Kier molecular flexibility index (Phi) is 2.97. The van der Waals surface area contributed by atoms with Crippen LogP contribution in [-0.4, -0.2) is 33.8 Å². The fraction of sp³-hybridized carbons (Fsp3) is 0.286. The van der Waals surface area contributed by atoms with Gasteiger partial charge in [0.2, 0.25) is 10.0 Å². The van der Waals surface area contributed by atoms with Gasteiger partial charge in [-0.25, -0.2) is 18.2 Å². The number of hydrogen-bond donors (Lipinski definition) is 1. The van der Waals surface area contributed by atoms with Crippen LogP contribution in [0.3, 0.4) is 0 Å². The van der Waals surface area contributed by atoms with Crippen LogP contribution in [0.2, 0.25) is 0 Å². The zero-order valence-corrected chi connectivity index (χ0v) is 13.1. The van der Waals surface area contributed by atoms with Crippen LogP contribution in [0, 0.1) is 0 Å². The minimum absolute atomic E-state index is 0.113. The zero-order valence-electron chi connectivity index (χ0n) is 12.3. The molecule has 120 valence electrons. The van der Waals surface area contributed by atoms with Crippen LogP contribution in [0.5, 0.6) is 0 Å².